The molecular formula is C35H33F3N2O6S. The summed E-state index contributed by atoms with van der Waals surface area (Å²) in [7, 11) is -2.88. The number of carbonyl (C=O) groups excluding carboxylic acids is 2. The minimum Gasteiger partial charge on any atom is -0.494 e. The molecule has 0 spiro atoms. The van der Waals surface area contributed by atoms with Gasteiger partial charge in [-0.15, -0.1) is 0 Å². The third kappa shape index (κ3) is 7.94. The van der Waals surface area contributed by atoms with Crippen molar-refractivity contribution in [3.05, 3.63) is 114 Å². The topological polar surface area (TPSA) is 102 Å². The molecule has 0 radical (unpaired) electrons. The van der Waals surface area contributed by atoms with E-state index >= 15 is 0 Å². The highest BCUT2D eigenvalue weighted by molar-refractivity contribution is 7.93. The number of methoxy groups -OCH3 is 1. The Labute approximate surface area is 271 Å². The SMILES string of the molecule is COC(=O)CCCCOc1ccc(CNC(=O)[C@@H]2Cc3ccccc3N2S(=O)(=O)c2ccc(-c3cccc(C(F)(F)F)c3)cc2)cc1. The van der Waals surface area contributed by atoms with Crippen molar-refractivity contribution in [1.29, 1.82) is 0 Å². The number of benzene rings is 4. The smallest absolute Gasteiger partial charge is 0.416 e. The average molecular weight is 667 g/mol. The summed E-state index contributed by atoms with van der Waals surface area (Å²) in [5.74, 6) is -0.0956. The van der Waals surface area contributed by atoms with E-state index in [4.69, 9.17) is 4.74 Å². The third-order valence-electron chi connectivity index (χ3n) is 7.82. The zero-order chi connectivity index (χ0) is 33.6. The van der Waals surface area contributed by atoms with Crippen LogP contribution in [0.5, 0.6) is 5.75 Å². The van der Waals surface area contributed by atoms with Crippen molar-refractivity contribution in [3.63, 3.8) is 0 Å². The van der Waals surface area contributed by atoms with Gasteiger partial charge in [-0.2, -0.15) is 13.2 Å². The maximum Gasteiger partial charge on any atom is 0.416 e. The molecule has 0 saturated heterocycles. The van der Waals surface area contributed by atoms with Crippen LogP contribution in [0.2, 0.25) is 0 Å². The highest BCUT2D eigenvalue weighted by Crippen LogP contribution is 2.38. The maximum atomic E-state index is 14.0. The second-order valence-electron chi connectivity index (χ2n) is 11.0. The van der Waals surface area contributed by atoms with E-state index in [-0.39, 0.29) is 23.8 Å². The van der Waals surface area contributed by atoms with Crippen molar-refractivity contribution in [2.45, 2.75) is 49.3 Å². The molecule has 1 aliphatic heterocycles. The quantitative estimate of drug-likeness (QED) is 0.136. The Bertz CT molecular complexity index is 1830. The molecule has 0 aliphatic carbocycles. The molecule has 12 heteroatoms. The number of unbranched alkanes of at least 4 members (excludes halogenated alkanes) is 1. The molecule has 0 saturated carbocycles. The van der Waals surface area contributed by atoms with Crippen LogP contribution in [-0.2, 0) is 43.5 Å². The number of fused-ring (bicyclic) bond motifs is 1. The first kappa shape index (κ1) is 33.5. The van der Waals surface area contributed by atoms with Crippen LogP contribution in [-0.4, -0.2) is 40.1 Å². The lowest BCUT2D eigenvalue weighted by Crippen LogP contribution is -2.47. The Balaban J connectivity index is 1.26. The predicted octanol–water partition coefficient (Wildman–Crippen LogP) is 6.53. The van der Waals surface area contributed by atoms with Crippen LogP contribution in [0.15, 0.2) is 102 Å². The van der Waals surface area contributed by atoms with E-state index in [9.17, 15) is 31.2 Å². The van der Waals surface area contributed by atoms with Crippen LogP contribution in [0.3, 0.4) is 0 Å². The molecule has 0 unspecified atom stereocenters. The lowest BCUT2D eigenvalue weighted by molar-refractivity contribution is -0.141. The number of para-hydroxylation sites is 1. The van der Waals surface area contributed by atoms with Crippen molar-refractivity contribution in [2.75, 3.05) is 18.0 Å². The van der Waals surface area contributed by atoms with Crippen LogP contribution < -0.4 is 14.4 Å². The van der Waals surface area contributed by atoms with Gasteiger partial charge < -0.3 is 14.8 Å². The zero-order valence-corrected chi connectivity index (χ0v) is 26.3. The highest BCUT2D eigenvalue weighted by atomic mass is 32.2. The van der Waals surface area contributed by atoms with Gasteiger partial charge in [0, 0.05) is 19.4 Å². The Morgan fingerprint density at radius 1 is 0.894 bits per heavy atom. The van der Waals surface area contributed by atoms with Crippen LogP contribution in [0.4, 0.5) is 18.9 Å². The zero-order valence-electron chi connectivity index (χ0n) is 25.5. The molecule has 47 heavy (non-hydrogen) atoms. The molecular weight excluding hydrogens is 633 g/mol. The summed E-state index contributed by atoms with van der Waals surface area (Å²) in [6.07, 6.45) is -2.66. The fourth-order valence-corrected chi connectivity index (χ4v) is 6.99. The summed E-state index contributed by atoms with van der Waals surface area (Å²) in [4.78, 5) is 24.6. The predicted molar refractivity (Wildman–Crippen MR) is 170 cm³/mol. The molecule has 246 valence electrons. The minimum absolute atomic E-state index is 0.0939. The molecule has 1 aliphatic rings. The fourth-order valence-electron chi connectivity index (χ4n) is 5.34. The first-order valence-corrected chi connectivity index (χ1v) is 16.4. The number of sulfonamides is 1. The van der Waals surface area contributed by atoms with Crippen LogP contribution >= 0.6 is 0 Å². The lowest BCUT2D eigenvalue weighted by Gasteiger charge is -2.26. The van der Waals surface area contributed by atoms with Crippen LogP contribution in [0, 0.1) is 0 Å². The van der Waals surface area contributed by atoms with Gasteiger partial charge in [-0.1, -0.05) is 54.6 Å². The number of alkyl halides is 3. The van der Waals surface area contributed by atoms with Crippen molar-refractivity contribution in [3.8, 4) is 16.9 Å². The maximum absolute atomic E-state index is 14.0. The van der Waals surface area contributed by atoms with Gasteiger partial charge in [-0.25, -0.2) is 8.42 Å². The van der Waals surface area contributed by atoms with Gasteiger partial charge in [0.2, 0.25) is 5.91 Å². The van der Waals surface area contributed by atoms with Crippen LogP contribution in [0.25, 0.3) is 11.1 Å². The Hall–Kier alpha value is -4.84. The van der Waals surface area contributed by atoms with E-state index < -0.39 is 33.7 Å². The summed E-state index contributed by atoms with van der Waals surface area (Å²) in [6, 6.07) is 23.4. The van der Waals surface area contributed by atoms with Crippen molar-refractivity contribution in [2.24, 2.45) is 0 Å². The van der Waals surface area contributed by atoms with E-state index in [1.807, 2.05) is 0 Å². The molecule has 1 atom stereocenters. The number of anilines is 1. The first-order chi connectivity index (χ1) is 22.5. The summed E-state index contributed by atoms with van der Waals surface area (Å²) in [5.41, 5.74) is 1.78. The number of ether oxygens (including phenoxy) is 2. The number of halogens is 3. The first-order valence-electron chi connectivity index (χ1n) is 14.9. The standard InChI is InChI=1S/C35H33F3N2O6S/c1-45-33(41)11-4-5-20-46-29-16-12-24(13-17-29)23-39-34(42)32-22-27-7-2-3-10-31(27)40(32)47(43,44)30-18-14-25(15-19-30)26-8-6-9-28(21-26)35(36,37)38/h2-3,6-10,12-19,21,32H,4-5,11,20,22-23H2,1H3,(H,39,42)/t32-/m0/s1. The van der Waals surface area contributed by atoms with E-state index in [1.54, 1.807) is 48.5 Å². The lowest BCUT2D eigenvalue weighted by atomic mass is 10.0. The number of carbonyl (C=O) groups is 2. The Kier molecular flexibility index (Phi) is 10.2. The van der Waals surface area contributed by atoms with E-state index in [0.717, 1.165) is 22.0 Å². The van der Waals surface area contributed by atoms with E-state index in [1.165, 1.54) is 43.5 Å². The Morgan fingerprint density at radius 3 is 2.32 bits per heavy atom. The summed E-state index contributed by atoms with van der Waals surface area (Å²) >= 11 is 0. The molecule has 5 rings (SSSR count). The molecule has 0 fully saturated rings. The average Bonchev–Trinajstić information content (AvgIpc) is 3.48. The van der Waals surface area contributed by atoms with Gasteiger partial charge in [0.15, 0.2) is 0 Å². The summed E-state index contributed by atoms with van der Waals surface area (Å²) in [5, 5.41) is 2.85. The molecule has 1 N–H and O–H groups in total. The fraction of sp³-hybridized carbons (Fsp3) is 0.257. The van der Waals surface area contributed by atoms with Gasteiger partial charge in [0.25, 0.3) is 10.0 Å². The van der Waals surface area contributed by atoms with Gasteiger partial charge in [-0.3, -0.25) is 13.9 Å². The number of nitrogens with one attached hydrogen (secondary N) is 1. The Morgan fingerprint density at radius 2 is 1.62 bits per heavy atom. The summed E-state index contributed by atoms with van der Waals surface area (Å²) < 4.78 is 79.1. The monoisotopic (exact) mass is 666 g/mol. The minimum atomic E-state index is -4.51. The molecule has 0 bridgehead atoms. The van der Waals surface area contributed by atoms with E-state index in [0.29, 0.717) is 54.0 Å². The largest absolute Gasteiger partial charge is 0.494 e. The summed E-state index contributed by atoms with van der Waals surface area (Å²) in [6.45, 7) is 0.595. The van der Waals surface area contributed by atoms with Gasteiger partial charge >= 0.3 is 12.1 Å². The third-order valence-corrected chi connectivity index (χ3v) is 9.66. The van der Waals surface area contributed by atoms with Crippen molar-refractivity contribution < 1.29 is 40.7 Å². The molecule has 1 heterocycles. The number of esters is 1. The molecule has 1 amide bonds. The molecule has 0 aromatic heterocycles. The van der Waals surface area contributed by atoms with Gasteiger partial charge in [0.1, 0.15) is 11.8 Å². The number of nitrogens with zero attached hydrogens (tertiary/aromatic N) is 1. The molecule has 4 aromatic carbocycles. The normalized spacial score (nSPS) is 14.4. The van der Waals surface area contributed by atoms with E-state index in [2.05, 4.69) is 10.1 Å². The van der Waals surface area contributed by atoms with Gasteiger partial charge in [0.05, 0.1) is 29.9 Å². The molecule has 4 aromatic rings. The number of hydrogen-bond acceptors (Lipinski definition) is 6. The van der Waals surface area contributed by atoms with Crippen molar-refractivity contribution in [1.82, 2.24) is 5.32 Å². The van der Waals surface area contributed by atoms with Gasteiger partial charge in [-0.05, 0) is 77.6 Å². The number of rotatable bonds is 12. The molecule has 8 nitrogen and oxygen atoms in total. The number of amides is 1. The number of hydrogen-bond donors (Lipinski definition) is 1. The second kappa shape index (κ2) is 14.3. The highest BCUT2D eigenvalue weighted by Gasteiger charge is 2.42. The van der Waals surface area contributed by atoms with Crippen LogP contribution in [0.1, 0.15) is 36.0 Å². The second-order valence-corrected chi connectivity index (χ2v) is 12.8. The van der Waals surface area contributed by atoms with Crippen molar-refractivity contribution >= 4 is 27.6 Å².